The molecule has 0 unspecified atom stereocenters. The second kappa shape index (κ2) is 6.84. The first-order valence-electron chi connectivity index (χ1n) is 8.11. The number of nitrogens with zero attached hydrogens (tertiary/aromatic N) is 4. The minimum Gasteiger partial charge on any atom is -0.280 e. The number of benzene rings is 1. The second-order valence-corrected chi connectivity index (χ2v) is 7.06. The van der Waals surface area contributed by atoms with E-state index in [0.29, 0.717) is 21.9 Å². The molecule has 1 aromatic carbocycles. The number of rotatable bonds is 4. The van der Waals surface area contributed by atoms with Crippen LogP contribution in [0.5, 0.6) is 0 Å². The van der Waals surface area contributed by atoms with Crippen molar-refractivity contribution < 1.29 is 0 Å². The summed E-state index contributed by atoms with van der Waals surface area (Å²) in [7, 11) is 3.11. The minimum atomic E-state index is -0.391. The van der Waals surface area contributed by atoms with Gasteiger partial charge in [0.1, 0.15) is 10.4 Å². The summed E-state index contributed by atoms with van der Waals surface area (Å²) in [6, 6.07) is 7.87. The molecule has 0 amide bonds. The van der Waals surface area contributed by atoms with Crippen molar-refractivity contribution in [1.82, 2.24) is 19.1 Å². The van der Waals surface area contributed by atoms with Gasteiger partial charge in [-0.25, -0.2) is 14.8 Å². The molecule has 0 aliphatic heterocycles. The van der Waals surface area contributed by atoms with E-state index < -0.39 is 5.69 Å². The van der Waals surface area contributed by atoms with Crippen LogP contribution >= 0.6 is 11.8 Å². The summed E-state index contributed by atoms with van der Waals surface area (Å²) in [6.45, 7) is 4.08. The lowest BCUT2D eigenvalue weighted by Gasteiger charge is -2.12. The third-order valence-electron chi connectivity index (χ3n) is 3.99. The molecule has 130 valence electrons. The molecule has 2 aromatic heterocycles. The molecule has 0 atom stereocenters. The van der Waals surface area contributed by atoms with Crippen molar-refractivity contribution in [2.75, 3.05) is 5.75 Å². The molecule has 6 nitrogen and oxygen atoms in total. The SMILES string of the molecule is CCCSc1nc(-c2cccc(C)c2)nc2c1c(=O)n(C)c(=O)n2C. The third-order valence-corrected chi connectivity index (χ3v) is 5.17. The lowest BCUT2D eigenvalue weighted by atomic mass is 10.1. The fourth-order valence-electron chi connectivity index (χ4n) is 2.65. The van der Waals surface area contributed by atoms with E-state index in [2.05, 4.69) is 16.9 Å². The van der Waals surface area contributed by atoms with Gasteiger partial charge < -0.3 is 0 Å². The van der Waals surface area contributed by atoms with Crippen LogP contribution in [0.3, 0.4) is 0 Å². The van der Waals surface area contributed by atoms with Crippen molar-refractivity contribution in [3.05, 3.63) is 50.7 Å². The van der Waals surface area contributed by atoms with Gasteiger partial charge in [-0.1, -0.05) is 30.7 Å². The molecule has 2 heterocycles. The Morgan fingerprint density at radius 3 is 2.56 bits per heavy atom. The molecule has 0 aliphatic carbocycles. The molecule has 3 aromatic rings. The van der Waals surface area contributed by atoms with Crippen LogP contribution in [-0.2, 0) is 14.1 Å². The number of thioether (sulfide) groups is 1. The largest absolute Gasteiger partial charge is 0.332 e. The molecule has 0 aliphatic rings. The molecular weight excluding hydrogens is 336 g/mol. The molecule has 0 N–H and O–H groups in total. The number of fused-ring (bicyclic) bond motifs is 1. The predicted octanol–water partition coefficient (Wildman–Crippen LogP) is 2.50. The van der Waals surface area contributed by atoms with Gasteiger partial charge in [0.15, 0.2) is 11.5 Å². The highest BCUT2D eigenvalue weighted by molar-refractivity contribution is 7.99. The Morgan fingerprint density at radius 2 is 1.88 bits per heavy atom. The summed E-state index contributed by atoms with van der Waals surface area (Å²) in [5, 5.41) is 1.03. The van der Waals surface area contributed by atoms with Gasteiger partial charge in [0.2, 0.25) is 0 Å². The van der Waals surface area contributed by atoms with Crippen LogP contribution in [0.4, 0.5) is 0 Å². The molecule has 3 rings (SSSR count). The zero-order valence-electron chi connectivity index (χ0n) is 14.7. The fourth-order valence-corrected chi connectivity index (χ4v) is 3.52. The van der Waals surface area contributed by atoms with Crippen LogP contribution in [0.25, 0.3) is 22.4 Å². The first-order chi connectivity index (χ1) is 11.9. The Morgan fingerprint density at radius 1 is 1.12 bits per heavy atom. The van der Waals surface area contributed by atoms with E-state index in [1.54, 1.807) is 7.05 Å². The van der Waals surface area contributed by atoms with Crippen LogP contribution in [0.2, 0.25) is 0 Å². The smallest absolute Gasteiger partial charge is 0.280 e. The zero-order chi connectivity index (χ0) is 18.1. The quantitative estimate of drug-likeness (QED) is 0.531. The molecule has 0 fully saturated rings. The normalized spacial score (nSPS) is 11.2. The molecule has 0 spiro atoms. The standard InChI is InChI=1S/C18H20N4O2S/c1-5-9-25-16-13-15(21(3)18(24)22(4)17(13)23)19-14(20-16)12-8-6-7-11(2)10-12/h6-8,10H,5,9H2,1-4H3. The summed E-state index contributed by atoms with van der Waals surface area (Å²) in [5.74, 6) is 1.36. The molecular formula is C18H20N4O2S. The van der Waals surface area contributed by atoms with Crippen molar-refractivity contribution in [2.45, 2.75) is 25.3 Å². The van der Waals surface area contributed by atoms with Crippen LogP contribution in [0.1, 0.15) is 18.9 Å². The monoisotopic (exact) mass is 356 g/mol. The highest BCUT2D eigenvalue weighted by Crippen LogP contribution is 2.26. The first-order valence-corrected chi connectivity index (χ1v) is 9.10. The minimum absolute atomic E-state index is 0.354. The van der Waals surface area contributed by atoms with Gasteiger partial charge in [-0.3, -0.25) is 13.9 Å². The number of hydrogen-bond acceptors (Lipinski definition) is 5. The molecule has 25 heavy (non-hydrogen) atoms. The molecule has 0 bridgehead atoms. The Kier molecular flexibility index (Phi) is 4.76. The Balaban J connectivity index is 2.39. The van der Waals surface area contributed by atoms with E-state index in [0.717, 1.165) is 27.9 Å². The highest BCUT2D eigenvalue weighted by Gasteiger charge is 2.17. The van der Waals surface area contributed by atoms with Crippen molar-refractivity contribution in [1.29, 1.82) is 0 Å². The Hall–Kier alpha value is -2.41. The first kappa shape index (κ1) is 17.4. The van der Waals surface area contributed by atoms with E-state index in [1.807, 2.05) is 31.2 Å². The number of aryl methyl sites for hydroxylation is 2. The molecule has 7 heteroatoms. The second-order valence-electron chi connectivity index (χ2n) is 5.97. The van der Waals surface area contributed by atoms with Crippen molar-refractivity contribution in [3.63, 3.8) is 0 Å². The lowest BCUT2D eigenvalue weighted by Crippen LogP contribution is -2.37. The van der Waals surface area contributed by atoms with Gasteiger partial charge in [-0.2, -0.15) is 0 Å². The van der Waals surface area contributed by atoms with Crippen molar-refractivity contribution in [3.8, 4) is 11.4 Å². The van der Waals surface area contributed by atoms with Gasteiger partial charge in [0.05, 0.1) is 0 Å². The maximum Gasteiger partial charge on any atom is 0.332 e. The van der Waals surface area contributed by atoms with Crippen molar-refractivity contribution >= 4 is 22.8 Å². The van der Waals surface area contributed by atoms with Crippen LogP contribution in [-0.4, -0.2) is 24.9 Å². The van der Waals surface area contributed by atoms with E-state index >= 15 is 0 Å². The van der Waals surface area contributed by atoms with Gasteiger partial charge >= 0.3 is 5.69 Å². The predicted molar refractivity (Wildman–Crippen MR) is 101 cm³/mol. The summed E-state index contributed by atoms with van der Waals surface area (Å²) in [4.78, 5) is 34.1. The summed E-state index contributed by atoms with van der Waals surface area (Å²) in [6.07, 6.45) is 0.960. The van der Waals surface area contributed by atoms with E-state index in [-0.39, 0.29) is 5.56 Å². The van der Waals surface area contributed by atoms with Crippen LogP contribution in [0.15, 0.2) is 38.9 Å². The molecule has 0 radical (unpaired) electrons. The average molecular weight is 356 g/mol. The van der Waals surface area contributed by atoms with Gasteiger partial charge in [0, 0.05) is 19.7 Å². The van der Waals surface area contributed by atoms with E-state index in [1.165, 1.54) is 23.4 Å². The zero-order valence-corrected chi connectivity index (χ0v) is 15.6. The van der Waals surface area contributed by atoms with Crippen molar-refractivity contribution in [2.24, 2.45) is 14.1 Å². The summed E-state index contributed by atoms with van der Waals surface area (Å²) < 4.78 is 2.52. The fraction of sp³-hybridized carbons (Fsp3) is 0.333. The molecule has 0 saturated carbocycles. The highest BCUT2D eigenvalue weighted by atomic mass is 32.2. The van der Waals surface area contributed by atoms with E-state index in [4.69, 9.17) is 0 Å². The third kappa shape index (κ3) is 3.11. The van der Waals surface area contributed by atoms with Crippen LogP contribution in [0, 0.1) is 6.92 Å². The van der Waals surface area contributed by atoms with Gasteiger partial charge in [-0.15, -0.1) is 11.8 Å². The molecule has 0 saturated heterocycles. The van der Waals surface area contributed by atoms with Crippen LogP contribution < -0.4 is 11.2 Å². The number of hydrogen-bond donors (Lipinski definition) is 0. The summed E-state index contributed by atoms with van der Waals surface area (Å²) in [5.41, 5.74) is 1.60. The van der Waals surface area contributed by atoms with Gasteiger partial charge in [0.25, 0.3) is 5.56 Å². The average Bonchev–Trinajstić information content (AvgIpc) is 2.62. The summed E-state index contributed by atoms with van der Waals surface area (Å²) >= 11 is 1.52. The Labute approximate surface area is 149 Å². The topological polar surface area (TPSA) is 69.8 Å². The maximum atomic E-state index is 12.6. The number of aromatic nitrogens is 4. The van der Waals surface area contributed by atoms with Gasteiger partial charge in [-0.05, 0) is 25.2 Å². The lowest BCUT2D eigenvalue weighted by molar-refractivity contribution is 0.703. The Bertz CT molecular complexity index is 1070. The van der Waals surface area contributed by atoms with E-state index in [9.17, 15) is 9.59 Å². The maximum absolute atomic E-state index is 12.6.